The number of hydrogen-bond donors (Lipinski definition) is 0. The zero-order chi connectivity index (χ0) is 19.5. The van der Waals surface area contributed by atoms with Crippen LogP contribution < -0.4 is 0 Å². The summed E-state index contributed by atoms with van der Waals surface area (Å²) in [5.41, 5.74) is 0.273. The van der Waals surface area contributed by atoms with Gasteiger partial charge in [-0.2, -0.15) is 13.2 Å². The summed E-state index contributed by atoms with van der Waals surface area (Å²) >= 11 is 0. The standard InChI is InChI=1S/C22H23F3O/c1-5-15(16-9-7-6-8-10-16)13-17-14-18(22(23,24)25)11-12-19(17)20(26)21(2,3)4/h5-12,14-15H,1,13H2,2-4H3. The highest BCUT2D eigenvalue weighted by Gasteiger charge is 2.33. The van der Waals surface area contributed by atoms with E-state index in [-0.39, 0.29) is 18.1 Å². The Kier molecular flexibility index (Phi) is 5.74. The van der Waals surface area contributed by atoms with Crippen molar-refractivity contribution < 1.29 is 18.0 Å². The van der Waals surface area contributed by atoms with Crippen LogP contribution in [0.4, 0.5) is 13.2 Å². The first-order valence-electron chi connectivity index (χ1n) is 8.46. The lowest BCUT2D eigenvalue weighted by Crippen LogP contribution is -2.22. The van der Waals surface area contributed by atoms with Gasteiger partial charge in [0.15, 0.2) is 5.78 Å². The molecule has 0 aromatic heterocycles. The molecule has 1 nitrogen and oxygen atoms in total. The fraction of sp³-hybridized carbons (Fsp3) is 0.318. The van der Waals surface area contributed by atoms with E-state index in [9.17, 15) is 18.0 Å². The van der Waals surface area contributed by atoms with Gasteiger partial charge in [-0.1, -0.05) is 63.2 Å². The van der Waals surface area contributed by atoms with E-state index in [1.807, 2.05) is 30.3 Å². The number of halogens is 3. The molecule has 26 heavy (non-hydrogen) atoms. The van der Waals surface area contributed by atoms with Crippen molar-refractivity contribution in [2.24, 2.45) is 5.41 Å². The Balaban J connectivity index is 2.52. The predicted octanol–water partition coefficient (Wildman–Crippen LogP) is 6.45. The quantitative estimate of drug-likeness (QED) is 0.442. The normalized spacial score (nSPS) is 13.3. The fourth-order valence-electron chi connectivity index (χ4n) is 2.84. The molecule has 2 rings (SSSR count). The average molecular weight is 360 g/mol. The highest BCUT2D eigenvalue weighted by molar-refractivity contribution is 6.01. The molecule has 0 radical (unpaired) electrons. The molecular formula is C22H23F3O. The van der Waals surface area contributed by atoms with Crippen LogP contribution in [0, 0.1) is 5.41 Å². The third-order valence-corrected chi connectivity index (χ3v) is 4.31. The van der Waals surface area contributed by atoms with E-state index in [4.69, 9.17) is 0 Å². The first-order valence-corrected chi connectivity index (χ1v) is 8.46. The van der Waals surface area contributed by atoms with E-state index in [0.29, 0.717) is 11.1 Å². The molecule has 0 saturated heterocycles. The maximum atomic E-state index is 13.2. The van der Waals surface area contributed by atoms with Crippen LogP contribution in [0.3, 0.4) is 0 Å². The van der Waals surface area contributed by atoms with Crippen molar-refractivity contribution in [1.29, 1.82) is 0 Å². The van der Waals surface area contributed by atoms with Gasteiger partial charge >= 0.3 is 6.18 Å². The summed E-state index contributed by atoms with van der Waals surface area (Å²) < 4.78 is 39.5. The molecule has 0 fully saturated rings. The number of carbonyl (C=O) groups excluding carboxylic acids is 1. The van der Waals surface area contributed by atoms with E-state index >= 15 is 0 Å². The van der Waals surface area contributed by atoms with Gasteiger partial charge in [0.05, 0.1) is 5.56 Å². The first-order chi connectivity index (χ1) is 12.0. The van der Waals surface area contributed by atoms with Crippen LogP contribution >= 0.6 is 0 Å². The Hall–Kier alpha value is -2.36. The molecule has 4 heteroatoms. The average Bonchev–Trinajstić information content (AvgIpc) is 2.58. The molecule has 0 aliphatic heterocycles. The lowest BCUT2D eigenvalue weighted by Gasteiger charge is -2.22. The molecule has 1 unspecified atom stereocenters. The van der Waals surface area contributed by atoms with Crippen molar-refractivity contribution in [2.75, 3.05) is 0 Å². The van der Waals surface area contributed by atoms with E-state index in [2.05, 4.69) is 6.58 Å². The topological polar surface area (TPSA) is 17.1 Å². The van der Waals surface area contributed by atoms with Gasteiger partial charge in [-0.3, -0.25) is 4.79 Å². The Bertz CT molecular complexity index is 783. The number of alkyl halides is 3. The summed E-state index contributed by atoms with van der Waals surface area (Å²) in [5.74, 6) is -0.344. The minimum absolute atomic E-state index is 0.169. The van der Waals surface area contributed by atoms with Crippen molar-refractivity contribution in [2.45, 2.75) is 39.3 Å². The van der Waals surface area contributed by atoms with Crippen molar-refractivity contribution in [3.8, 4) is 0 Å². The minimum Gasteiger partial charge on any atom is -0.294 e. The van der Waals surface area contributed by atoms with Crippen LogP contribution in [-0.2, 0) is 12.6 Å². The summed E-state index contributed by atoms with van der Waals surface area (Å²) in [4.78, 5) is 12.7. The summed E-state index contributed by atoms with van der Waals surface area (Å²) in [6, 6.07) is 12.8. The Morgan fingerprint density at radius 1 is 1.08 bits per heavy atom. The smallest absolute Gasteiger partial charge is 0.294 e. The van der Waals surface area contributed by atoms with Gasteiger partial charge < -0.3 is 0 Å². The fourth-order valence-corrected chi connectivity index (χ4v) is 2.84. The zero-order valence-corrected chi connectivity index (χ0v) is 15.2. The van der Waals surface area contributed by atoms with Gasteiger partial charge in [0.2, 0.25) is 0 Å². The molecule has 2 aromatic rings. The molecule has 138 valence electrons. The van der Waals surface area contributed by atoms with E-state index < -0.39 is 17.2 Å². The van der Waals surface area contributed by atoms with Crippen LogP contribution in [0.2, 0.25) is 0 Å². The number of allylic oxidation sites excluding steroid dienone is 1. The van der Waals surface area contributed by atoms with Gasteiger partial charge in [0.1, 0.15) is 0 Å². The molecule has 0 amide bonds. The Morgan fingerprint density at radius 2 is 1.69 bits per heavy atom. The molecule has 0 N–H and O–H groups in total. The van der Waals surface area contributed by atoms with Crippen LogP contribution in [0.1, 0.15) is 53.7 Å². The molecule has 0 saturated carbocycles. The number of carbonyl (C=O) groups is 1. The first kappa shape index (κ1) is 20.0. The number of rotatable bonds is 5. The summed E-state index contributed by atoms with van der Waals surface area (Å²) in [6.45, 7) is 9.11. The molecule has 0 spiro atoms. The van der Waals surface area contributed by atoms with Gasteiger partial charge in [0.25, 0.3) is 0 Å². The highest BCUT2D eigenvalue weighted by atomic mass is 19.4. The largest absolute Gasteiger partial charge is 0.416 e. The molecule has 2 aromatic carbocycles. The van der Waals surface area contributed by atoms with E-state index in [1.165, 1.54) is 6.07 Å². The third-order valence-electron chi connectivity index (χ3n) is 4.31. The maximum Gasteiger partial charge on any atom is 0.416 e. The van der Waals surface area contributed by atoms with Gasteiger partial charge in [-0.25, -0.2) is 0 Å². The van der Waals surface area contributed by atoms with Gasteiger partial charge in [0, 0.05) is 16.9 Å². The lowest BCUT2D eigenvalue weighted by atomic mass is 9.81. The molecule has 0 aliphatic carbocycles. The van der Waals surface area contributed by atoms with Crippen LogP contribution in [0.5, 0.6) is 0 Å². The maximum absolute atomic E-state index is 13.2. The van der Waals surface area contributed by atoms with Crippen molar-refractivity contribution >= 4 is 5.78 Å². The predicted molar refractivity (Wildman–Crippen MR) is 98.3 cm³/mol. The van der Waals surface area contributed by atoms with Crippen molar-refractivity contribution in [3.63, 3.8) is 0 Å². The second-order valence-electron chi connectivity index (χ2n) is 7.41. The molecule has 0 heterocycles. The summed E-state index contributed by atoms with van der Waals surface area (Å²) in [6.07, 6.45) is -2.45. The van der Waals surface area contributed by atoms with Crippen molar-refractivity contribution in [3.05, 3.63) is 83.4 Å². The molecule has 1 atom stereocenters. The Morgan fingerprint density at radius 3 is 2.19 bits per heavy atom. The monoisotopic (exact) mass is 360 g/mol. The SMILES string of the molecule is C=CC(Cc1cc(C(F)(F)F)ccc1C(=O)C(C)(C)C)c1ccccc1. The van der Waals surface area contributed by atoms with Gasteiger partial charge in [-0.05, 0) is 29.7 Å². The number of benzene rings is 2. The summed E-state index contributed by atoms with van der Waals surface area (Å²) in [5, 5.41) is 0. The van der Waals surface area contributed by atoms with Crippen molar-refractivity contribution in [1.82, 2.24) is 0 Å². The number of hydrogen-bond acceptors (Lipinski definition) is 1. The minimum atomic E-state index is -4.45. The second-order valence-corrected chi connectivity index (χ2v) is 7.41. The molecular weight excluding hydrogens is 337 g/mol. The lowest BCUT2D eigenvalue weighted by molar-refractivity contribution is -0.137. The van der Waals surface area contributed by atoms with Crippen LogP contribution in [-0.4, -0.2) is 5.78 Å². The highest BCUT2D eigenvalue weighted by Crippen LogP contribution is 2.34. The Labute approximate surface area is 152 Å². The zero-order valence-electron chi connectivity index (χ0n) is 15.2. The summed E-state index contributed by atoms with van der Waals surface area (Å²) in [7, 11) is 0. The van der Waals surface area contributed by atoms with Crippen LogP contribution in [0.25, 0.3) is 0 Å². The molecule has 0 aliphatic rings. The number of ketones is 1. The van der Waals surface area contributed by atoms with Gasteiger partial charge in [-0.15, -0.1) is 6.58 Å². The third kappa shape index (κ3) is 4.63. The number of Topliss-reactive ketones (excluding diaryl/α,β-unsaturated/α-hetero) is 1. The second kappa shape index (κ2) is 7.48. The van der Waals surface area contributed by atoms with E-state index in [1.54, 1.807) is 26.8 Å². The van der Waals surface area contributed by atoms with Crippen LogP contribution in [0.15, 0.2) is 61.2 Å². The van der Waals surface area contributed by atoms with E-state index in [0.717, 1.165) is 17.7 Å². The molecule has 0 bridgehead atoms.